The average molecular weight is 444 g/mol. The fourth-order valence-electron chi connectivity index (χ4n) is 3.87. The van der Waals surface area contributed by atoms with Crippen LogP contribution in [-0.4, -0.2) is 58.0 Å². The monoisotopic (exact) mass is 443 g/mol. The number of ether oxygens (including phenoxy) is 2. The molecule has 0 saturated carbocycles. The van der Waals surface area contributed by atoms with Crippen molar-refractivity contribution < 1.29 is 17.9 Å². The number of benzene rings is 2. The standard InChI is InChI=1S/C23H29N3O4S/c1-29-22-10-9-21(17-23(22)30-2)31(27,28)26(14-5-12-24)15-6-13-25-16-11-19-7-3-4-8-20(19)18-25/h3-4,7-10,17H,5-6,11,13-16,18H2,1-2H3. The molecule has 0 N–H and O–H groups in total. The Morgan fingerprint density at radius 1 is 1.06 bits per heavy atom. The van der Waals surface area contributed by atoms with E-state index >= 15 is 0 Å². The Morgan fingerprint density at radius 2 is 1.81 bits per heavy atom. The number of fused-ring (bicyclic) bond motifs is 1. The van der Waals surface area contributed by atoms with E-state index in [1.165, 1.54) is 41.8 Å². The van der Waals surface area contributed by atoms with Crippen molar-refractivity contribution in [2.45, 2.75) is 30.7 Å². The normalized spacial score (nSPS) is 14.1. The van der Waals surface area contributed by atoms with Gasteiger partial charge in [-0.05, 0) is 42.6 Å². The van der Waals surface area contributed by atoms with Gasteiger partial charge in [0.2, 0.25) is 10.0 Å². The summed E-state index contributed by atoms with van der Waals surface area (Å²) in [6.45, 7) is 3.18. The molecule has 1 aliphatic rings. The smallest absolute Gasteiger partial charge is 0.243 e. The van der Waals surface area contributed by atoms with Gasteiger partial charge < -0.3 is 9.47 Å². The zero-order chi connectivity index (χ0) is 22.3. The lowest BCUT2D eigenvalue weighted by atomic mass is 10.00. The summed E-state index contributed by atoms with van der Waals surface area (Å²) < 4.78 is 38.4. The molecule has 1 aliphatic heterocycles. The summed E-state index contributed by atoms with van der Waals surface area (Å²) in [5.74, 6) is 0.825. The van der Waals surface area contributed by atoms with Gasteiger partial charge in [-0.3, -0.25) is 4.90 Å². The lowest BCUT2D eigenvalue weighted by Gasteiger charge is -2.29. The minimum Gasteiger partial charge on any atom is -0.493 e. The number of hydrogen-bond donors (Lipinski definition) is 0. The molecule has 0 amide bonds. The molecule has 2 aromatic rings. The number of sulfonamides is 1. The molecular weight excluding hydrogens is 414 g/mol. The Morgan fingerprint density at radius 3 is 2.52 bits per heavy atom. The quantitative estimate of drug-likeness (QED) is 0.561. The molecule has 7 nitrogen and oxygen atoms in total. The first-order valence-electron chi connectivity index (χ1n) is 10.4. The van der Waals surface area contributed by atoms with Crippen molar-refractivity contribution in [1.82, 2.24) is 9.21 Å². The van der Waals surface area contributed by atoms with E-state index < -0.39 is 10.0 Å². The van der Waals surface area contributed by atoms with Crippen LogP contribution in [0.2, 0.25) is 0 Å². The van der Waals surface area contributed by atoms with Crippen LogP contribution >= 0.6 is 0 Å². The molecule has 166 valence electrons. The van der Waals surface area contributed by atoms with Crippen LogP contribution in [0, 0.1) is 11.3 Å². The zero-order valence-electron chi connectivity index (χ0n) is 18.1. The van der Waals surface area contributed by atoms with Crippen LogP contribution < -0.4 is 9.47 Å². The molecule has 0 atom stereocenters. The van der Waals surface area contributed by atoms with E-state index in [0.29, 0.717) is 24.5 Å². The van der Waals surface area contributed by atoms with Crippen LogP contribution in [0.25, 0.3) is 0 Å². The maximum atomic E-state index is 13.3. The van der Waals surface area contributed by atoms with Gasteiger partial charge in [0, 0.05) is 38.7 Å². The number of methoxy groups -OCH3 is 2. The van der Waals surface area contributed by atoms with Gasteiger partial charge in [0.25, 0.3) is 0 Å². The minimum absolute atomic E-state index is 0.134. The van der Waals surface area contributed by atoms with Crippen molar-refractivity contribution in [2.75, 3.05) is 40.4 Å². The van der Waals surface area contributed by atoms with Crippen molar-refractivity contribution in [3.8, 4) is 17.6 Å². The van der Waals surface area contributed by atoms with Crippen LogP contribution in [0.4, 0.5) is 0 Å². The predicted molar refractivity (Wildman–Crippen MR) is 119 cm³/mol. The molecule has 3 rings (SSSR count). The summed E-state index contributed by atoms with van der Waals surface area (Å²) in [7, 11) is -0.779. The van der Waals surface area contributed by atoms with Gasteiger partial charge in [0.15, 0.2) is 11.5 Å². The highest BCUT2D eigenvalue weighted by atomic mass is 32.2. The molecule has 8 heteroatoms. The molecule has 0 unspecified atom stereocenters. The third-order valence-electron chi connectivity index (χ3n) is 5.56. The Balaban J connectivity index is 1.68. The first-order valence-corrected chi connectivity index (χ1v) is 11.8. The maximum absolute atomic E-state index is 13.3. The van der Waals surface area contributed by atoms with Crippen LogP contribution in [0.1, 0.15) is 24.0 Å². The van der Waals surface area contributed by atoms with Gasteiger partial charge in [-0.2, -0.15) is 9.57 Å². The highest BCUT2D eigenvalue weighted by Crippen LogP contribution is 2.30. The van der Waals surface area contributed by atoms with Gasteiger partial charge in [-0.15, -0.1) is 0 Å². The van der Waals surface area contributed by atoms with Crippen LogP contribution in [0.5, 0.6) is 11.5 Å². The summed E-state index contributed by atoms with van der Waals surface area (Å²) in [5, 5.41) is 9.01. The summed E-state index contributed by atoms with van der Waals surface area (Å²) in [6.07, 6.45) is 1.85. The van der Waals surface area contributed by atoms with Gasteiger partial charge >= 0.3 is 0 Å². The predicted octanol–water partition coefficient (Wildman–Crippen LogP) is 3.06. The largest absolute Gasteiger partial charge is 0.493 e. The number of rotatable bonds is 10. The third-order valence-corrected chi connectivity index (χ3v) is 7.45. The second kappa shape index (κ2) is 10.6. The van der Waals surface area contributed by atoms with E-state index in [-0.39, 0.29) is 17.9 Å². The Bertz CT molecular complexity index is 1030. The number of hydrogen-bond acceptors (Lipinski definition) is 6. The second-order valence-corrected chi connectivity index (χ2v) is 9.42. The van der Waals surface area contributed by atoms with E-state index in [1.54, 1.807) is 6.07 Å². The Kier molecular flexibility index (Phi) is 7.91. The van der Waals surface area contributed by atoms with Gasteiger partial charge in [-0.25, -0.2) is 8.42 Å². The fourth-order valence-corrected chi connectivity index (χ4v) is 5.36. The molecular formula is C23H29N3O4S. The summed E-state index contributed by atoms with van der Waals surface area (Å²) in [6, 6.07) is 15.1. The van der Waals surface area contributed by atoms with Crippen molar-refractivity contribution in [3.05, 3.63) is 53.6 Å². The molecule has 2 aromatic carbocycles. The Hall–Kier alpha value is -2.60. The van der Waals surface area contributed by atoms with Crippen molar-refractivity contribution >= 4 is 10.0 Å². The Labute approximate surface area is 184 Å². The molecule has 0 bridgehead atoms. The van der Waals surface area contributed by atoms with Gasteiger partial charge in [0.05, 0.1) is 25.2 Å². The van der Waals surface area contributed by atoms with Gasteiger partial charge in [0.1, 0.15) is 0 Å². The van der Waals surface area contributed by atoms with E-state index in [9.17, 15) is 8.42 Å². The van der Waals surface area contributed by atoms with Crippen LogP contribution in [-0.2, 0) is 23.0 Å². The highest BCUT2D eigenvalue weighted by molar-refractivity contribution is 7.89. The van der Waals surface area contributed by atoms with E-state index in [2.05, 4.69) is 35.2 Å². The van der Waals surface area contributed by atoms with Crippen LogP contribution in [0.15, 0.2) is 47.4 Å². The minimum atomic E-state index is -3.75. The molecule has 0 radical (unpaired) electrons. The topological polar surface area (TPSA) is 82.9 Å². The molecule has 31 heavy (non-hydrogen) atoms. The highest BCUT2D eigenvalue weighted by Gasteiger charge is 2.26. The molecule has 0 aliphatic carbocycles. The molecule has 0 spiro atoms. The number of nitrogens with zero attached hydrogens (tertiary/aromatic N) is 3. The van der Waals surface area contributed by atoms with Crippen LogP contribution in [0.3, 0.4) is 0 Å². The van der Waals surface area contributed by atoms with Crippen molar-refractivity contribution in [1.29, 1.82) is 5.26 Å². The fraction of sp³-hybridized carbons (Fsp3) is 0.435. The van der Waals surface area contributed by atoms with Crippen molar-refractivity contribution in [2.24, 2.45) is 0 Å². The van der Waals surface area contributed by atoms with E-state index in [4.69, 9.17) is 14.7 Å². The zero-order valence-corrected chi connectivity index (χ0v) is 18.9. The molecule has 0 aromatic heterocycles. The second-order valence-electron chi connectivity index (χ2n) is 7.48. The van der Waals surface area contributed by atoms with Gasteiger partial charge in [-0.1, -0.05) is 24.3 Å². The maximum Gasteiger partial charge on any atom is 0.243 e. The molecule has 1 heterocycles. The number of nitriles is 1. The first-order chi connectivity index (χ1) is 15.0. The van der Waals surface area contributed by atoms with Crippen molar-refractivity contribution in [3.63, 3.8) is 0 Å². The molecule has 0 fully saturated rings. The lowest BCUT2D eigenvalue weighted by molar-refractivity contribution is 0.242. The molecule has 0 saturated heterocycles. The lowest BCUT2D eigenvalue weighted by Crippen LogP contribution is -2.36. The first kappa shape index (κ1) is 23.1. The summed E-state index contributed by atoms with van der Waals surface area (Å²) >= 11 is 0. The van der Waals surface area contributed by atoms with E-state index in [0.717, 1.165) is 26.1 Å². The average Bonchev–Trinajstić information content (AvgIpc) is 2.80. The SMILES string of the molecule is COc1ccc(S(=O)(=O)N(CCC#N)CCCN2CCc3ccccc3C2)cc1OC. The summed E-state index contributed by atoms with van der Waals surface area (Å²) in [5.41, 5.74) is 2.73. The summed E-state index contributed by atoms with van der Waals surface area (Å²) in [4.78, 5) is 2.49. The van der Waals surface area contributed by atoms with E-state index in [1.807, 2.05) is 0 Å². The third kappa shape index (κ3) is 5.56.